The Morgan fingerprint density at radius 3 is 1.52 bits per heavy atom. The Morgan fingerprint density at radius 1 is 0.290 bits per heavy atom. The van der Waals surface area contributed by atoms with E-state index in [1.54, 1.807) is 0 Å². The normalized spacial score (nSPS) is 12.5. The standard InChI is InChI=1S/C61H45N/c1-61(2)56-26-11-8-24-55(56)60-54(25-15-27-57(60)61)46-36-38-51(39-37-46)62(59-29-13-10-23-53(59)50-21-14-20-48(41-50)42-16-4-3-5-17-42)58-28-12-9-22-52(58)45-33-30-44(31-34-45)49-35-32-43-18-6-7-19-47(43)40-49/h3-41H,1-2H3. The number of fused-ring (bicyclic) bond motifs is 4. The van der Waals surface area contributed by atoms with Crippen LogP contribution in [0.1, 0.15) is 25.0 Å². The zero-order valence-corrected chi connectivity index (χ0v) is 35.0. The molecule has 0 atom stereocenters. The number of hydrogen-bond acceptors (Lipinski definition) is 1. The average molecular weight is 792 g/mol. The minimum atomic E-state index is -0.0579. The second kappa shape index (κ2) is 15.4. The van der Waals surface area contributed by atoms with Gasteiger partial charge >= 0.3 is 0 Å². The van der Waals surface area contributed by atoms with E-state index in [1.165, 1.54) is 72.0 Å². The fourth-order valence-corrected chi connectivity index (χ4v) is 9.73. The van der Waals surface area contributed by atoms with Crippen LogP contribution in [0.15, 0.2) is 237 Å². The Kier molecular flexibility index (Phi) is 9.24. The molecule has 0 N–H and O–H groups in total. The minimum Gasteiger partial charge on any atom is -0.309 e. The lowest BCUT2D eigenvalue weighted by Gasteiger charge is -2.30. The van der Waals surface area contributed by atoms with Crippen LogP contribution < -0.4 is 4.90 Å². The molecule has 0 radical (unpaired) electrons. The summed E-state index contributed by atoms with van der Waals surface area (Å²) in [6.45, 7) is 4.70. The van der Waals surface area contributed by atoms with Crippen LogP contribution in [0.4, 0.5) is 17.1 Å². The van der Waals surface area contributed by atoms with Crippen LogP contribution in [0.2, 0.25) is 0 Å². The third kappa shape index (κ3) is 6.51. The summed E-state index contributed by atoms with van der Waals surface area (Å²) in [4.78, 5) is 2.45. The number of nitrogens with zero attached hydrogens (tertiary/aromatic N) is 1. The Labute approximate surface area is 364 Å². The first-order chi connectivity index (χ1) is 30.5. The minimum absolute atomic E-state index is 0.0579. The molecule has 62 heavy (non-hydrogen) atoms. The molecule has 1 aliphatic carbocycles. The molecule has 1 nitrogen and oxygen atoms in total. The van der Waals surface area contributed by atoms with E-state index in [9.17, 15) is 0 Å². The van der Waals surface area contributed by atoms with Crippen LogP contribution in [0.3, 0.4) is 0 Å². The second-order valence-electron chi connectivity index (χ2n) is 16.9. The number of benzene rings is 10. The van der Waals surface area contributed by atoms with E-state index in [-0.39, 0.29) is 5.41 Å². The number of hydrogen-bond donors (Lipinski definition) is 0. The van der Waals surface area contributed by atoms with Gasteiger partial charge in [-0.2, -0.15) is 0 Å². The van der Waals surface area contributed by atoms with Gasteiger partial charge in [0, 0.05) is 22.2 Å². The highest BCUT2D eigenvalue weighted by molar-refractivity contribution is 5.96. The van der Waals surface area contributed by atoms with Crippen molar-refractivity contribution in [2.24, 2.45) is 0 Å². The average Bonchev–Trinajstić information content (AvgIpc) is 3.58. The summed E-state index contributed by atoms with van der Waals surface area (Å²) >= 11 is 0. The SMILES string of the molecule is CC1(C)c2ccccc2-c2c(-c3ccc(N(c4ccccc4-c4ccc(-c5ccc6ccccc6c5)cc4)c4ccccc4-c4cccc(-c5ccccc5)c4)cc3)cccc21. The molecule has 0 fully saturated rings. The van der Waals surface area contributed by atoms with E-state index < -0.39 is 0 Å². The summed E-state index contributed by atoms with van der Waals surface area (Å²) in [7, 11) is 0. The highest BCUT2D eigenvalue weighted by Gasteiger charge is 2.36. The second-order valence-corrected chi connectivity index (χ2v) is 16.9. The first-order valence-corrected chi connectivity index (χ1v) is 21.6. The molecule has 11 rings (SSSR count). The van der Waals surface area contributed by atoms with E-state index in [4.69, 9.17) is 0 Å². The van der Waals surface area contributed by atoms with E-state index in [1.807, 2.05) is 0 Å². The lowest BCUT2D eigenvalue weighted by molar-refractivity contribution is 0.660. The van der Waals surface area contributed by atoms with Gasteiger partial charge in [-0.05, 0) is 114 Å². The van der Waals surface area contributed by atoms with Crippen molar-refractivity contribution in [3.05, 3.63) is 248 Å². The summed E-state index contributed by atoms with van der Waals surface area (Å²) < 4.78 is 0. The number of rotatable bonds is 8. The van der Waals surface area contributed by atoms with Crippen molar-refractivity contribution < 1.29 is 0 Å². The van der Waals surface area contributed by atoms with E-state index >= 15 is 0 Å². The fourth-order valence-electron chi connectivity index (χ4n) is 9.73. The maximum absolute atomic E-state index is 2.45. The molecule has 0 aliphatic heterocycles. The van der Waals surface area contributed by atoms with Crippen molar-refractivity contribution in [1.82, 2.24) is 0 Å². The molecule has 0 heterocycles. The summed E-state index contributed by atoms with van der Waals surface area (Å²) in [5.74, 6) is 0. The third-order valence-corrected chi connectivity index (χ3v) is 12.9. The van der Waals surface area contributed by atoms with Crippen LogP contribution in [-0.2, 0) is 5.41 Å². The van der Waals surface area contributed by atoms with Gasteiger partial charge < -0.3 is 4.90 Å². The molecule has 0 unspecified atom stereocenters. The van der Waals surface area contributed by atoms with Crippen LogP contribution in [-0.4, -0.2) is 0 Å². The van der Waals surface area contributed by atoms with Crippen molar-refractivity contribution >= 4 is 27.8 Å². The Hall–Kier alpha value is -7.74. The lowest BCUT2D eigenvalue weighted by atomic mass is 9.82. The maximum Gasteiger partial charge on any atom is 0.0540 e. The Morgan fingerprint density at radius 2 is 0.758 bits per heavy atom. The summed E-state index contributed by atoms with van der Waals surface area (Å²) in [6.07, 6.45) is 0. The van der Waals surface area contributed by atoms with Crippen LogP contribution in [0.5, 0.6) is 0 Å². The highest BCUT2D eigenvalue weighted by atomic mass is 15.1. The largest absolute Gasteiger partial charge is 0.309 e. The molecule has 0 saturated heterocycles. The molecular weight excluding hydrogens is 747 g/mol. The molecule has 0 aromatic heterocycles. The van der Waals surface area contributed by atoms with Gasteiger partial charge in [0.25, 0.3) is 0 Å². The lowest BCUT2D eigenvalue weighted by Crippen LogP contribution is -2.14. The highest BCUT2D eigenvalue weighted by Crippen LogP contribution is 2.52. The van der Waals surface area contributed by atoms with Crippen molar-refractivity contribution in [2.45, 2.75) is 19.3 Å². The number of para-hydroxylation sites is 2. The zero-order chi connectivity index (χ0) is 41.6. The smallest absolute Gasteiger partial charge is 0.0540 e. The van der Waals surface area contributed by atoms with Crippen molar-refractivity contribution in [2.75, 3.05) is 4.90 Å². The molecule has 0 saturated carbocycles. The molecule has 10 aromatic carbocycles. The number of anilines is 3. The maximum atomic E-state index is 2.45. The Bertz CT molecular complexity index is 3250. The van der Waals surface area contributed by atoms with Gasteiger partial charge in [0.2, 0.25) is 0 Å². The summed E-state index contributed by atoms with van der Waals surface area (Å²) in [5.41, 5.74) is 20.7. The van der Waals surface area contributed by atoms with Gasteiger partial charge in [0.1, 0.15) is 0 Å². The fraction of sp³-hybridized carbons (Fsp3) is 0.0492. The monoisotopic (exact) mass is 791 g/mol. The van der Waals surface area contributed by atoms with Crippen molar-refractivity contribution in [3.8, 4) is 66.8 Å². The molecule has 1 heteroatoms. The predicted octanol–water partition coefficient (Wildman–Crippen LogP) is 17.0. The molecule has 294 valence electrons. The molecular formula is C61H45N. The van der Waals surface area contributed by atoms with Crippen molar-refractivity contribution in [1.29, 1.82) is 0 Å². The van der Waals surface area contributed by atoms with Gasteiger partial charge in [-0.15, -0.1) is 0 Å². The summed E-state index contributed by atoms with van der Waals surface area (Å²) in [5, 5.41) is 2.50. The molecule has 0 bridgehead atoms. The Balaban J connectivity index is 1.05. The van der Waals surface area contributed by atoms with E-state index in [2.05, 4.69) is 255 Å². The third-order valence-electron chi connectivity index (χ3n) is 12.9. The summed E-state index contributed by atoms with van der Waals surface area (Å²) in [6, 6.07) is 86.6. The van der Waals surface area contributed by atoms with Crippen LogP contribution >= 0.6 is 0 Å². The zero-order valence-electron chi connectivity index (χ0n) is 35.0. The quantitative estimate of drug-likeness (QED) is 0.148. The predicted molar refractivity (Wildman–Crippen MR) is 263 cm³/mol. The molecule has 1 aliphatic rings. The topological polar surface area (TPSA) is 3.24 Å². The van der Waals surface area contributed by atoms with Gasteiger partial charge in [0.05, 0.1) is 11.4 Å². The van der Waals surface area contributed by atoms with Crippen LogP contribution in [0.25, 0.3) is 77.5 Å². The van der Waals surface area contributed by atoms with Gasteiger partial charge in [0.15, 0.2) is 0 Å². The molecule has 10 aromatic rings. The van der Waals surface area contributed by atoms with E-state index in [0.717, 1.165) is 33.8 Å². The van der Waals surface area contributed by atoms with Crippen molar-refractivity contribution in [3.63, 3.8) is 0 Å². The van der Waals surface area contributed by atoms with Gasteiger partial charge in [-0.3, -0.25) is 0 Å². The van der Waals surface area contributed by atoms with Gasteiger partial charge in [-0.25, -0.2) is 0 Å². The first-order valence-electron chi connectivity index (χ1n) is 21.6. The van der Waals surface area contributed by atoms with Crippen LogP contribution in [0, 0.1) is 0 Å². The van der Waals surface area contributed by atoms with Gasteiger partial charge in [-0.1, -0.05) is 214 Å². The molecule has 0 spiro atoms. The van der Waals surface area contributed by atoms with E-state index in [0.29, 0.717) is 0 Å². The first kappa shape index (κ1) is 37.3. The molecule has 0 amide bonds.